The third-order valence-electron chi connectivity index (χ3n) is 4.72. The van der Waals surface area contributed by atoms with Crippen molar-refractivity contribution in [3.8, 4) is 0 Å². The molecule has 30 heavy (non-hydrogen) atoms. The van der Waals surface area contributed by atoms with Crippen LogP contribution in [0.3, 0.4) is 0 Å². The Morgan fingerprint density at radius 2 is 1.77 bits per heavy atom. The Hall–Kier alpha value is -2.54. The highest BCUT2D eigenvalue weighted by Crippen LogP contribution is 2.33. The Kier molecular flexibility index (Phi) is 5.99. The van der Waals surface area contributed by atoms with Crippen LogP contribution < -0.4 is 10.2 Å². The highest BCUT2D eigenvalue weighted by Gasteiger charge is 2.40. The Bertz CT molecular complexity index is 1170. The van der Waals surface area contributed by atoms with Crippen molar-refractivity contribution < 1.29 is 14.4 Å². The molecule has 1 atom stereocenters. The Balaban J connectivity index is 1.38. The molecule has 5 nitrogen and oxygen atoms in total. The van der Waals surface area contributed by atoms with Crippen LogP contribution in [0.25, 0.3) is 10.8 Å². The molecule has 1 saturated heterocycles. The molecule has 0 unspecified atom stereocenters. The standard InChI is InChI=1S/C22H16Cl2N2O3S/c23-17-8-7-16(10-18(17)24)26-21(28)11-19(22(26)29)30-12-20(27)25-15-6-5-13-3-1-2-4-14(13)9-15/h1-10,19H,11-12H2,(H,25,27)/t19-/m0/s1. The van der Waals surface area contributed by atoms with Gasteiger partial charge in [0.05, 0.1) is 26.7 Å². The fourth-order valence-corrected chi connectivity index (χ4v) is 4.50. The lowest BCUT2D eigenvalue weighted by molar-refractivity contribution is -0.121. The van der Waals surface area contributed by atoms with E-state index >= 15 is 0 Å². The number of hydrogen-bond acceptors (Lipinski definition) is 4. The summed E-state index contributed by atoms with van der Waals surface area (Å²) >= 11 is 13.1. The number of carbonyl (C=O) groups is 3. The summed E-state index contributed by atoms with van der Waals surface area (Å²) in [5.74, 6) is -0.859. The van der Waals surface area contributed by atoms with Crippen LogP contribution in [0.5, 0.6) is 0 Å². The van der Waals surface area contributed by atoms with Gasteiger partial charge >= 0.3 is 0 Å². The SMILES string of the molecule is O=C(CS[C@H]1CC(=O)N(c2ccc(Cl)c(Cl)c2)C1=O)Nc1ccc2ccccc2c1. The first-order chi connectivity index (χ1) is 14.4. The maximum absolute atomic E-state index is 12.7. The second kappa shape index (κ2) is 8.68. The number of amides is 3. The number of imide groups is 1. The number of thioether (sulfide) groups is 1. The van der Waals surface area contributed by atoms with Gasteiger partial charge in [0.1, 0.15) is 0 Å². The number of fused-ring (bicyclic) bond motifs is 1. The number of carbonyl (C=O) groups excluding carboxylic acids is 3. The van der Waals surface area contributed by atoms with E-state index in [2.05, 4.69) is 5.32 Å². The van der Waals surface area contributed by atoms with Gasteiger partial charge in [0.15, 0.2) is 0 Å². The Labute approximate surface area is 187 Å². The van der Waals surface area contributed by atoms with E-state index in [0.29, 0.717) is 16.4 Å². The third kappa shape index (κ3) is 4.31. The zero-order valence-electron chi connectivity index (χ0n) is 15.6. The molecule has 0 aliphatic carbocycles. The number of halogens is 2. The maximum atomic E-state index is 12.7. The summed E-state index contributed by atoms with van der Waals surface area (Å²) in [6.45, 7) is 0. The van der Waals surface area contributed by atoms with Crippen LogP contribution >= 0.6 is 35.0 Å². The van der Waals surface area contributed by atoms with Gasteiger partial charge in [-0.2, -0.15) is 0 Å². The first-order valence-corrected chi connectivity index (χ1v) is 10.9. The first-order valence-electron chi connectivity index (χ1n) is 9.14. The molecular weight excluding hydrogens is 443 g/mol. The van der Waals surface area contributed by atoms with Crippen molar-refractivity contribution in [3.05, 3.63) is 70.7 Å². The van der Waals surface area contributed by atoms with Crippen molar-refractivity contribution in [2.24, 2.45) is 0 Å². The number of anilines is 2. The van der Waals surface area contributed by atoms with Gasteiger partial charge in [0.25, 0.3) is 0 Å². The van der Waals surface area contributed by atoms with E-state index in [1.165, 1.54) is 12.1 Å². The van der Waals surface area contributed by atoms with Gasteiger partial charge in [-0.15, -0.1) is 11.8 Å². The normalized spacial score (nSPS) is 16.3. The summed E-state index contributed by atoms with van der Waals surface area (Å²) in [4.78, 5) is 38.5. The summed E-state index contributed by atoms with van der Waals surface area (Å²) in [6.07, 6.45) is 0.0347. The van der Waals surface area contributed by atoms with Crippen molar-refractivity contribution in [2.75, 3.05) is 16.0 Å². The molecule has 3 aromatic rings. The molecule has 0 bridgehead atoms. The first kappa shape index (κ1) is 20.7. The summed E-state index contributed by atoms with van der Waals surface area (Å²) in [5, 5.41) is 4.94. The summed E-state index contributed by atoms with van der Waals surface area (Å²) in [5.41, 5.74) is 1.06. The predicted molar refractivity (Wildman–Crippen MR) is 122 cm³/mol. The molecule has 3 amide bonds. The van der Waals surface area contributed by atoms with Crippen LogP contribution in [-0.4, -0.2) is 28.7 Å². The molecule has 4 rings (SSSR count). The fraction of sp³-hybridized carbons (Fsp3) is 0.136. The molecule has 1 aliphatic heterocycles. The summed E-state index contributed by atoms with van der Waals surface area (Å²) in [6, 6.07) is 18.1. The van der Waals surface area contributed by atoms with Crippen LogP contribution in [0.4, 0.5) is 11.4 Å². The zero-order valence-corrected chi connectivity index (χ0v) is 17.9. The average Bonchev–Trinajstić information content (AvgIpc) is 3.02. The van der Waals surface area contributed by atoms with E-state index in [-0.39, 0.29) is 34.9 Å². The quantitative estimate of drug-likeness (QED) is 0.536. The molecule has 152 valence electrons. The Morgan fingerprint density at radius 3 is 2.53 bits per heavy atom. The minimum absolute atomic E-state index is 0.0347. The molecular formula is C22H16Cl2N2O3S. The Morgan fingerprint density at radius 1 is 1.00 bits per heavy atom. The average molecular weight is 459 g/mol. The molecule has 1 N–H and O–H groups in total. The number of nitrogens with one attached hydrogen (secondary N) is 1. The minimum Gasteiger partial charge on any atom is -0.325 e. The maximum Gasteiger partial charge on any atom is 0.247 e. The van der Waals surface area contributed by atoms with E-state index in [4.69, 9.17) is 23.2 Å². The molecule has 1 fully saturated rings. The molecule has 0 aromatic heterocycles. The molecule has 0 saturated carbocycles. The monoisotopic (exact) mass is 458 g/mol. The minimum atomic E-state index is -0.616. The van der Waals surface area contributed by atoms with E-state index in [1.54, 1.807) is 6.07 Å². The molecule has 3 aromatic carbocycles. The second-order valence-corrected chi connectivity index (χ2v) is 8.79. The third-order valence-corrected chi connectivity index (χ3v) is 6.65. The van der Waals surface area contributed by atoms with Gasteiger partial charge in [-0.25, -0.2) is 4.90 Å². The van der Waals surface area contributed by atoms with Crippen molar-refractivity contribution in [2.45, 2.75) is 11.7 Å². The van der Waals surface area contributed by atoms with Crippen molar-refractivity contribution in [1.29, 1.82) is 0 Å². The molecule has 0 spiro atoms. The molecule has 1 heterocycles. The highest BCUT2D eigenvalue weighted by molar-refractivity contribution is 8.01. The molecule has 8 heteroatoms. The number of benzene rings is 3. The molecule has 0 radical (unpaired) electrons. The van der Waals surface area contributed by atoms with Crippen molar-refractivity contribution in [1.82, 2.24) is 0 Å². The van der Waals surface area contributed by atoms with Gasteiger partial charge in [-0.1, -0.05) is 53.5 Å². The predicted octanol–water partition coefficient (Wildman–Crippen LogP) is 5.15. The van der Waals surface area contributed by atoms with Gasteiger partial charge < -0.3 is 5.32 Å². The van der Waals surface area contributed by atoms with E-state index in [9.17, 15) is 14.4 Å². The van der Waals surface area contributed by atoms with E-state index in [1.807, 2.05) is 42.5 Å². The lowest BCUT2D eigenvalue weighted by atomic mass is 10.1. The van der Waals surface area contributed by atoms with E-state index in [0.717, 1.165) is 27.4 Å². The topological polar surface area (TPSA) is 66.5 Å². The summed E-state index contributed by atoms with van der Waals surface area (Å²) in [7, 11) is 0. The zero-order chi connectivity index (χ0) is 21.3. The van der Waals surface area contributed by atoms with Gasteiger partial charge in [0.2, 0.25) is 17.7 Å². The van der Waals surface area contributed by atoms with Crippen LogP contribution in [-0.2, 0) is 14.4 Å². The largest absolute Gasteiger partial charge is 0.325 e. The van der Waals surface area contributed by atoms with Gasteiger partial charge in [-0.05, 0) is 41.1 Å². The van der Waals surface area contributed by atoms with Gasteiger partial charge in [-0.3, -0.25) is 14.4 Å². The van der Waals surface area contributed by atoms with Crippen LogP contribution in [0.1, 0.15) is 6.42 Å². The lowest BCUT2D eigenvalue weighted by Crippen LogP contribution is -2.31. The second-order valence-electron chi connectivity index (χ2n) is 6.78. The fourth-order valence-electron chi connectivity index (χ4n) is 3.27. The lowest BCUT2D eigenvalue weighted by Gasteiger charge is -2.15. The van der Waals surface area contributed by atoms with Gasteiger partial charge in [0, 0.05) is 12.1 Å². The van der Waals surface area contributed by atoms with Crippen LogP contribution in [0.15, 0.2) is 60.7 Å². The summed E-state index contributed by atoms with van der Waals surface area (Å²) < 4.78 is 0. The number of nitrogens with zero attached hydrogens (tertiary/aromatic N) is 1. The van der Waals surface area contributed by atoms with Crippen LogP contribution in [0.2, 0.25) is 10.0 Å². The van der Waals surface area contributed by atoms with Crippen LogP contribution in [0, 0.1) is 0 Å². The van der Waals surface area contributed by atoms with Crippen molar-refractivity contribution in [3.63, 3.8) is 0 Å². The van der Waals surface area contributed by atoms with Crippen molar-refractivity contribution >= 4 is 74.8 Å². The van der Waals surface area contributed by atoms with E-state index < -0.39 is 5.25 Å². The highest BCUT2D eigenvalue weighted by atomic mass is 35.5. The number of rotatable bonds is 5. The number of hydrogen-bond donors (Lipinski definition) is 1. The molecule has 1 aliphatic rings. The smallest absolute Gasteiger partial charge is 0.247 e.